The maximum Gasteiger partial charge on any atom is 0.250 e. The standard InChI is InChI=1S/C18H26N4O3/c1-12(2)9-22-10-14(7-17(22)24)18(25)21-5-3-13(4-6-21)15-8-16(23)20-11-19-15/h8,11-14H,3-7,9-10H2,1-2H3,(H,19,20,23). The van der Waals surface area contributed by atoms with Crippen molar-refractivity contribution in [3.05, 3.63) is 28.4 Å². The summed E-state index contributed by atoms with van der Waals surface area (Å²) < 4.78 is 0. The molecule has 0 aromatic carbocycles. The molecule has 0 radical (unpaired) electrons. The van der Waals surface area contributed by atoms with E-state index in [0.717, 1.165) is 25.1 Å². The molecule has 3 heterocycles. The van der Waals surface area contributed by atoms with E-state index in [9.17, 15) is 14.4 Å². The van der Waals surface area contributed by atoms with Gasteiger partial charge in [0.2, 0.25) is 11.8 Å². The second-order valence-corrected chi connectivity index (χ2v) is 7.53. The molecule has 1 N–H and O–H groups in total. The average Bonchev–Trinajstić information content (AvgIpc) is 2.94. The van der Waals surface area contributed by atoms with Crippen LogP contribution in [0.25, 0.3) is 0 Å². The summed E-state index contributed by atoms with van der Waals surface area (Å²) in [5.74, 6) is 0.608. The van der Waals surface area contributed by atoms with Crippen molar-refractivity contribution in [2.24, 2.45) is 11.8 Å². The van der Waals surface area contributed by atoms with Crippen molar-refractivity contribution in [3.63, 3.8) is 0 Å². The van der Waals surface area contributed by atoms with E-state index >= 15 is 0 Å². The number of nitrogens with one attached hydrogen (secondary N) is 1. The molecule has 7 nitrogen and oxygen atoms in total. The Morgan fingerprint density at radius 3 is 2.68 bits per heavy atom. The summed E-state index contributed by atoms with van der Waals surface area (Å²) >= 11 is 0. The molecule has 1 unspecified atom stereocenters. The first-order valence-electron chi connectivity index (χ1n) is 9.05. The molecule has 0 saturated carbocycles. The van der Waals surface area contributed by atoms with E-state index in [-0.39, 0.29) is 29.2 Å². The minimum Gasteiger partial charge on any atom is -0.342 e. The molecule has 136 valence electrons. The highest BCUT2D eigenvalue weighted by molar-refractivity contribution is 5.89. The second kappa shape index (κ2) is 7.37. The second-order valence-electron chi connectivity index (χ2n) is 7.53. The first-order chi connectivity index (χ1) is 11.9. The van der Waals surface area contributed by atoms with Gasteiger partial charge in [-0.1, -0.05) is 13.8 Å². The van der Waals surface area contributed by atoms with Crippen LogP contribution in [0.3, 0.4) is 0 Å². The number of nitrogens with zero attached hydrogens (tertiary/aromatic N) is 3. The van der Waals surface area contributed by atoms with Crippen LogP contribution in [0.15, 0.2) is 17.2 Å². The zero-order valence-electron chi connectivity index (χ0n) is 14.9. The maximum absolute atomic E-state index is 12.8. The molecule has 25 heavy (non-hydrogen) atoms. The van der Waals surface area contributed by atoms with Crippen LogP contribution < -0.4 is 5.56 Å². The summed E-state index contributed by atoms with van der Waals surface area (Å²) in [6, 6.07) is 1.54. The molecule has 2 amide bonds. The molecular weight excluding hydrogens is 320 g/mol. The van der Waals surface area contributed by atoms with Crippen molar-refractivity contribution in [1.29, 1.82) is 0 Å². The molecule has 0 aliphatic carbocycles. The van der Waals surface area contributed by atoms with Gasteiger partial charge in [0.15, 0.2) is 0 Å². The molecule has 2 fully saturated rings. The SMILES string of the molecule is CC(C)CN1CC(C(=O)N2CCC(c3cc(=O)[nH]cn3)CC2)CC1=O. The van der Waals surface area contributed by atoms with Gasteiger partial charge >= 0.3 is 0 Å². The van der Waals surface area contributed by atoms with Crippen molar-refractivity contribution in [3.8, 4) is 0 Å². The number of carbonyl (C=O) groups is 2. The Bertz CT molecular complexity index is 692. The van der Waals surface area contributed by atoms with E-state index in [0.29, 0.717) is 32.0 Å². The third-order valence-corrected chi connectivity index (χ3v) is 5.07. The monoisotopic (exact) mass is 346 g/mol. The molecule has 1 aromatic heterocycles. The fourth-order valence-electron chi connectivity index (χ4n) is 3.82. The lowest BCUT2D eigenvalue weighted by molar-refractivity contribution is -0.136. The quantitative estimate of drug-likeness (QED) is 0.880. The smallest absolute Gasteiger partial charge is 0.250 e. The van der Waals surface area contributed by atoms with Crippen LogP contribution in [0, 0.1) is 11.8 Å². The van der Waals surface area contributed by atoms with Crippen molar-refractivity contribution in [2.45, 2.75) is 39.0 Å². The van der Waals surface area contributed by atoms with Gasteiger partial charge in [-0.15, -0.1) is 0 Å². The van der Waals surface area contributed by atoms with Crippen molar-refractivity contribution in [1.82, 2.24) is 19.8 Å². The van der Waals surface area contributed by atoms with Crippen molar-refractivity contribution in [2.75, 3.05) is 26.2 Å². The van der Waals surface area contributed by atoms with Gasteiger partial charge in [0.25, 0.3) is 5.56 Å². The summed E-state index contributed by atoms with van der Waals surface area (Å²) in [4.78, 5) is 46.7. The van der Waals surface area contributed by atoms with Crippen molar-refractivity contribution >= 4 is 11.8 Å². The summed E-state index contributed by atoms with van der Waals surface area (Å²) in [5, 5.41) is 0. The molecule has 0 bridgehead atoms. The zero-order chi connectivity index (χ0) is 18.0. The third-order valence-electron chi connectivity index (χ3n) is 5.07. The Morgan fingerprint density at radius 2 is 2.04 bits per heavy atom. The van der Waals surface area contributed by atoms with Crippen LogP contribution in [0.5, 0.6) is 0 Å². The number of aromatic nitrogens is 2. The molecule has 1 aromatic rings. The van der Waals surface area contributed by atoms with Gasteiger partial charge in [-0.25, -0.2) is 4.98 Å². The van der Waals surface area contributed by atoms with Gasteiger partial charge in [0.1, 0.15) is 0 Å². The van der Waals surface area contributed by atoms with Gasteiger partial charge in [-0.2, -0.15) is 0 Å². The predicted molar refractivity (Wildman–Crippen MR) is 92.9 cm³/mol. The molecule has 2 aliphatic heterocycles. The van der Waals surface area contributed by atoms with Gasteiger partial charge < -0.3 is 14.8 Å². The largest absolute Gasteiger partial charge is 0.342 e. The number of H-pyrrole nitrogens is 1. The Morgan fingerprint density at radius 1 is 1.32 bits per heavy atom. The highest BCUT2D eigenvalue weighted by Crippen LogP contribution is 2.28. The van der Waals surface area contributed by atoms with Crippen LogP contribution in [-0.2, 0) is 9.59 Å². The third kappa shape index (κ3) is 4.08. The number of amides is 2. The van der Waals surface area contributed by atoms with Crippen molar-refractivity contribution < 1.29 is 9.59 Å². The van der Waals surface area contributed by atoms with E-state index in [1.54, 1.807) is 6.07 Å². The van der Waals surface area contributed by atoms with Gasteiger partial charge in [0.05, 0.1) is 17.9 Å². The number of hydrogen-bond acceptors (Lipinski definition) is 4. The molecule has 0 spiro atoms. The predicted octanol–water partition coefficient (Wildman–Crippen LogP) is 0.980. The normalized spacial score (nSPS) is 22.0. The molecule has 1 atom stereocenters. The molecular formula is C18H26N4O3. The minimum atomic E-state index is -0.208. The highest BCUT2D eigenvalue weighted by Gasteiger charge is 2.37. The Balaban J connectivity index is 1.55. The number of carbonyl (C=O) groups excluding carboxylic acids is 2. The Hall–Kier alpha value is -2.18. The van der Waals surface area contributed by atoms with E-state index in [4.69, 9.17) is 0 Å². The lowest BCUT2D eigenvalue weighted by atomic mass is 9.92. The Labute approximate surface area is 147 Å². The van der Waals surface area contributed by atoms with Gasteiger partial charge in [0, 0.05) is 44.6 Å². The van der Waals surface area contributed by atoms with Crippen LogP contribution in [0.4, 0.5) is 0 Å². The number of aromatic amines is 1. The molecule has 2 saturated heterocycles. The lowest BCUT2D eigenvalue weighted by Gasteiger charge is -2.33. The first-order valence-corrected chi connectivity index (χ1v) is 9.05. The highest BCUT2D eigenvalue weighted by atomic mass is 16.2. The Kier molecular flexibility index (Phi) is 5.20. The number of rotatable bonds is 4. The molecule has 7 heteroatoms. The van der Waals surface area contributed by atoms with E-state index < -0.39 is 0 Å². The summed E-state index contributed by atoms with van der Waals surface area (Å²) in [5.41, 5.74) is 0.660. The zero-order valence-corrected chi connectivity index (χ0v) is 14.9. The maximum atomic E-state index is 12.8. The van der Waals surface area contributed by atoms with Crippen LogP contribution in [0.2, 0.25) is 0 Å². The summed E-state index contributed by atoms with van der Waals surface area (Å²) in [6.07, 6.45) is 3.38. The number of piperidine rings is 1. The fourth-order valence-corrected chi connectivity index (χ4v) is 3.82. The fraction of sp³-hybridized carbons (Fsp3) is 0.667. The van der Waals surface area contributed by atoms with Gasteiger partial charge in [-0.05, 0) is 18.8 Å². The minimum absolute atomic E-state index is 0.0923. The molecule has 3 rings (SSSR count). The summed E-state index contributed by atoms with van der Waals surface area (Å²) in [7, 11) is 0. The van der Waals surface area contributed by atoms with Crippen LogP contribution in [0.1, 0.15) is 44.7 Å². The van der Waals surface area contributed by atoms with Gasteiger partial charge in [-0.3, -0.25) is 14.4 Å². The number of hydrogen-bond donors (Lipinski definition) is 1. The summed E-state index contributed by atoms with van der Waals surface area (Å²) in [6.45, 7) is 6.75. The number of likely N-dealkylation sites (tertiary alicyclic amines) is 2. The first kappa shape index (κ1) is 17.6. The van der Waals surface area contributed by atoms with E-state index in [1.165, 1.54) is 6.33 Å². The van der Waals surface area contributed by atoms with E-state index in [2.05, 4.69) is 23.8 Å². The average molecular weight is 346 g/mol. The topological polar surface area (TPSA) is 86.4 Å². The molecule has 2 aliphatic rings. The lowest BCUT2D eigenvalue weighted by Crippen LogP contribution is -2.42. The van der Waals surface area contributed by atoms with Crippen LogP contribution in [-0.4, -0.2) is 57.8 Å². The van der Waals surface area contributed by atoms with E-state index in [1.807, 2.05) is 9.80 Å². The van der Waals surface area contributed by atoms with Crippen LogP contribution >= 0.6 is 0 Å².